The molecule has 0 spiro atoms. The second-order valence-electron chi connectivity index (χ2n) is 3.70. The Morgan fingerprint density at radius 1 is 1.26 bits per heavy atom. The summed E-state index contributed by atoms with van der Waals surface area (Å²) in [4.78, 5) is 0. The summed E-state index contributed by atoms with van der Waals surface area (Å²) in [6.07, 6.45) is 0. The summed E-state index contributed by atoms with van der Waals surface area (Å²) in [5.41, 5.74) is 5.69. The lowest BCUT2D eigenvalue weighted by Crippen LogP contribution is -2.13. The van der Waals surface area contributed by atoms with Gasteiger partial charge in [0.1, 0.15) is 11.6 Å². The van der Waals surface area contributed by atoms with Gasteiger partial charge in [-0.25, -0.2) is 4.39 Å². The first-order valence-corrected chi connectivity index (χ1v) is 6.42. The number of benzene rings is 2. The van der Waals surface area contributed by atoms with Crippen LogP contribution in [0.25, 0.3) is 0 Å². The number of nitrogen functional groups attached to an aromatic ring is 1. The van der Waals surface area contributed by atoms with Crippen molar-refractivity contribution in [1.29, 1.82) is 5.41 Å². The van der Waals surface area contributed by atoms with Gasteiger partial charge in [0, 0.05) is 4.47 Å². The first-order valence-electron chi connectivity index (χ1n) is 5.25. The van der Waals surface area contributed by atoms with E-state index in [1.807, 2.05) is 0 Å². The molecule has 0 amide bonds. The van der Waals surface area contributed by atoms with Gasteiger partial charge in [-0.3, -0.25) is 5.41 Å². The smallest absolute Gasteiger partial charge is 0.165 e. The first kappa shape index (κ1) is 13.8. The Kier molecular flexibility index (Phi) is 4.07. The summed E-state index contributed by atoms with van der Waals surface area (Å²) < 4.78 is 19.8. The Bertz CT molecular complexity index is 649. The fourth-order valence-corrected chi connectivity index (χ4v) is 2.13. The molecule has 2 rings (SSSR count). The third kappa shape index (κ3) is 3.05. The summed E-state index contributed by atoms with van der Waals surface area (Å²) in [6.45, 7) is 0. The standard InChI is InChI=1S/C13H9BrClFN2O/c14-7-4-5-9(16)11(6-7)19-10-3-1-2-8(15)12(10)13(17)18/h1-6H,(H3,17,18). The van der Waals surface area contributed by atoms with Gasteiger partial charge in [-0.1, -0.05) is 33.6 Å². The number of nitrogens with one attached hydrogen (secondary N) is 1. The fourth-order valence-electron chi connectivity index (χ4n) is 1.52. The van der Waals surface area contributed by atoms with Crippen molar-refractivity contribution < 1.29 is 9.13 Å². The zero-order valence-corrected chi connectivity index (χ0v) is 11.9. The number of halogens is 3. The molecule has 0 unspecified atom stereocenters. The van der Waals surface area contributed by atoms with E-state index in [-0.39, 0.29) is 27.9 Å². The summed E-state index contributed by atoms with van der Waals surface area (Å²) in [5.74, 6) is -0.496. The van der Waals surface area contributed by atoms with Crippen molar-refractivity contribution in [3.05, 3.63) is 57.3 Å². The Hall–Kier alpha value is -1.59. The molecule has 0 fully saturated rings. The van der Waals surface area contributed by atoms with E-state index in [1.54, 1.807) is 24.3 Å². The largest absolute Gasteiger partial charge is 0.453 e. The highest BCUT2D eigenvalue weighted by atomic mass is 79.9. The molecule has 2 aromatic carbocycles. The van der Waals surface area contributed by atoms with Crippen LogP contribution in [0.4, 0.5) is 4.39 Å². The van der Waals surface area contributed by atoms with E-state index >= 15 is 0 Å². The molecule has 2 aromatic rings. The van der Waals surface area contributed by atoms with E-state index < -0.39 is 5.82 Å². The molecule has 3 nitrogen and oxygen atoms in total. The van der Waals surface area contributed by atoms with E-state index in [4.69, 9.17) is 27.5 Å². The predicted molar refractivity (Wildman–Crippen MR) is 76.6 cm³/mol. The number of amidine groups is 1. The van der Waals surface area contributed by atoms with Crippen molar-refractivity contribution in [3.8, 4) is 11.5 Å². The zero-order valence-electron chi connectivity index (χ0n) is 9.58. The summed E-state index contributed by atoms with van der Waals surface area (Å²) >= 11 is 9.19. The minimum Gasteiger partial charge on any atom is -0.453 e. The van der Waals surface area contributed by atoms with Crippen molar-refractivity contribution in [2.24, 2.45) is 5.73 Å². The van der Waals surface area contributed by atoms with E-state index in [9.17, 15) is 4.39 Å². The second kappa shape index (κ2) is 5.59. The quantitative estimate of drug-likeness (QED) is 0.644. The van der Waals surface area contributed by atoms with E-state index in [1.165, 1.54) is 12.1 Å². The number of ether oxygens (including phenoxy) is 1. The van der Waals surface area contributed by atoms with E-state index in [2.05, 4.69) is 15.9 Å². The second-order valence-corrected chi connectivity index (χ2v) is 5.03. The molecule has 0 heterocycles. The Morgan fingerprint density at radius 2 is 2.00 bits per heavy atom. The van der Waals surface area contributed by atoms with Crippen LogP contribution in [0.15, 0.2) is 40.9 Å². The molecule has 0 aliphatic heterocycles. The molecular formula is C13H9BrClFN2O. The minimum absolute atomic E-state index is 0.0270. The van der Waals surface area contributed by atoms with Gasteiger partial charge in [-0.15, -0.1) is 0 Å². The molecule has 0 bridgehead atoms. The van der Waals surface area contributed by atoms with Crippen LogP contribution in [-0.4, -0.2) is 5.84 Å². The molecule has 0 aliphatic carbocycles. The highest BCUT2D eigenvalue weighted by molar-refractivity contribution is 9.10. The molecule has 3 N–H and O–H groups in total. The molecule has 0 aliphatic rings. The maximum Gasteiger partial charge on any atom is 0.165 e. The van der Waals surface area contributed by atoms with Gasteiger partial charge in [0.25, 0.3) is 0 Å². The average Bonchev–Trinajstić information content (AvgIpc) is 2.33. The van der Waals surface area contributed by atoms with Crippen molar-refractivity contribution in [3.63, 3.8) is 0 Å². The SMILES string of the molecule is N=C(N)c1c(Cl)cccc1Oc1cc(Br)ccc1F. The third-order valence-electron chi connectivity index (χ3n) is 2.36. The first-order chi connectivity index (χ1) is 8.99. The monoisotopic (exact) mass is 342 g/mol. The number of nitrogens with two attached hydrogens (primary N) is 1. The molecular weight excluding hydrogens is 335 g/mol. The van der Waals surface area contributed by atoms with Crippen molar-refractivity contribution in [1.82, 2.24) is 0 Å². The maximum absolute atomic E-state index is 13.6. The third-order valence-corrected chi connectivity index (χ3v) is 3.17. The van der Waals surface area contributed by atoms with Crippen molar-refractivity contribution in [2.45, 2.75) is 0 Å². The number of hydrogen-bond donors (Lipinski definition) is 2. The van der Waals surface area contributed by atoms with Crippen LogP contribution in [0.5, 0.6) is 11.5 Å². The van der Waals surface area contributed by atoms with E-state index in [0.717, 1.165) is 0 Å². The highest BCUT2D eigenvalue weighted by Crippen LogP contribution is 2.32. The fraction of sp³-hybridized carbons (Fsp3) is 0. The molecule has 98 valence electrons. The highest BCUT2D eigenvalue weighted by Gasteiger charge is 2.14. The van der Waals surface area contributed by atoms with Gasteiger partial charge in [0.15, 0.2) is 11.6 Å². The zero-order chi connectivity index (χ0) is 14.0. The lowest BCUT2D eigenvalue weighted by atomic mass is 10.2. The van der Waals surface area contributed by atoms with Gasteiger partial charge in [-0.2, -0.15) is 0 Å². The van der Waals surface area contributed by atoms with Crippen LogP contribution >= 0.6 is 27.5 Å². The summed E-state index contributed by atoms with van der Waals surface area (Å²) in [6, 6.07) is 9.12. The van der Waals surface area contributed by atoms with Gasteiger partial charge >= 0.3 is 0 Å². The molecule has 0 saturated heterocycles. The summed E-state index contributed by atoms with van der Waals surface area (Å²) in [5, 5.41) is 7.77. The molecule has 0 atom stereocenters. The van der Waals surface area contributed by atoms with Crippen LogP contribution in [0.3, 0.4) is 0 Å². The lowest BCUT2D eigenvalue weighted by molar-refractivity contribution is 0.441. The van der Waals surface area contributed by atoms with Crippen molar-refractivity contribution >= 4 is 33.4 Å². The molecule has 0 radical (unpaired) electrons. The summed E-state index contributed by atoms with van der Waals surface area (Å²) in [7, 11) is 0. The van der Waals surface area contributed by atoms with Crippen LogP contribution in [0.1, 0.15) is 5.56 Å². The van der Waals surface area contributed by atoms with Crippen LogP contribution in [0, 0.1) is 11.2 Å². The normalized spacial score (nSPS) is 10.3. The predicted octanol–water partition coefficient (Wildman–Crippen LogP) is 4.32. The van der Waals surface area contributed by atoms with Gasteiger partial charge < -0.3 is 10.5 Å². The van der Waals surface area contributed by atoms with Gasteiger partial charge in [0.05, 0.1) is 10.6 Å². The topological polar surface area (TPSA) is 59.1 Å². The Morgan fingerprint density at radius 3 is 2.68 bits per heavy atom. The Balaban J connectivity index is 2.46. The molecule has 0 aromatic heterocycles. The molecule has 0 saturated carbocycles. The van der Waals surface area contributed by atoms with Gasteiger partial charge in [-0.05, 0) is 30.3 Å². The maximum atomic E-state index is 13.6. The molecule has 19 heavy (non-hydrogen) atoms. The average molecular weight is 344 g/mol. The molecule has 6 heteroatoms. The van der Waals surface area contributed by atoms with Crippen LogP contribution in [-0.2, 0) is 0 Å². The van der Waals surface area contributed by atoms with Gasteiger partial charge in [0.2, 0.25) is 0 Å². The van der Waals surface area contributed by atoms with Crippen molar-refractivity contribution in [2.75, 3.05) is 0 Å². The Labute approximate surface area is 122 Å². The lowest BCUT2D eigenvalue weighted by Gasteiger charge is -2.12. The van der Waals surface area contributed by atoms with E-state index in [0.29, 0.717) is 4.47 Å². The van der Waals surface area contributed by atoms with Crippen LogP contribution < -0.4 is 10.5 Å². The minimum atomic E-state index is -0.516. The number of rotatable bonds is 3. The number of hydrogen-bond acceptors (Lipinski definition) is 2. The van der Waals surface area contributed by atoms with Crippen LogP contribution in [0.2, 0.25) is 5.02 Å².